The number of rotatable bonds is 8. The van der Waals surface area contributed by atoms with Crippen molar-refractivity contribution >= 4 is 52.2 Å². The normalized spacial score (nSPS) is 17.1. The molecule has 2 aromatic carbocycles. The molecule has 0 aromatic heterocycles. The van der Waals surface area contributed by atoms with Crippen LogP contribution in [0.3, 0.4) is 0 Å². The largest absolute Gasteiger partial charge is 0.484 e. The molecule has 2 aliphatic heterocycles. The molecule has 0 saturated carbocycles. The smallest absolute Gasteiger partial charge is 0.294 e. The molecular formula is C24H24N4O6S. The maximum absolute atomic E-state index is 12.7. The van der Waals surface area contributed by atoms with Crippen molar-refractivity contribution in [3.8, 4) is 5.75 Å². The van der Waals surface area contributed by atoms with E-state index in [1.807, 2.05) is 12.1 Å². The van der Waals surface area contributed by atoms with Gasteiger partial charge in [-0.15, -0.1) is 0 Å². The van der Waals surface area contributed by atoms with E-state index >= 15 is 0 Å². The van der Waals surface area contributed by atoms with Gasteiger partial charge in [0, 0.05) is 24.5 Å². The van der Waals surface area contributed by atoms with Gasteiger partial charge in [0.1, 0.15) is 12.3 Å². The number of primary amides is 1. The summed E-state index contributed by atoms with van der Waals surface area (Å²) in [5.74, 6) is -1.14. The van der Waals surface area contributed by atoms with Crippen LogP contribution in [0.4, 0.5) is 16.2 Å². The van der Waals surface area contributed by atoms with Gasteiger partial charge in [0.25, 0.3) is 17.1 Å². The molecule has 4 rings (SSSR count). The Hall–Kier alpha value is -3.83. The fraction of sp³-hybridized carbons (Fsp3) is 0.250. The lowest BCUT2D eigenvalue weighted by Crippen LogP contribution is -2.36. The molecule has 2 aliphatic rings. The zero-order valence-corrected chi connectivity index (χ0v) is 19.6. The SMILES string of the molecule is NC(=O)COc1ccc(/C=C2/SC(=O)N(CC(=O)Nc3ccc(N4CCOCC4)cc3)C2=O)cc1. The summed E-state index contributed by atoms with van der Waals surface area (Å²) in [6.45, 7) is 2.37. The van der Waals surface area contributed by atoms with Gasteiger partial charge < -0.3 is 25.4 Å². The predicted molar refractivity (Wildman–Crippen MR) is 132 cm³/mol. The van der Waals surface area contributed by atoms with Gasteiger partial charge in [-0.25, -0.2) is 0 Å². The lowest BCUT2D eigenvalue weighted by Gasteiger charge is -2.28. The average Bonchev–Trinajstić information content (AvgIpc) is 3.11. The minimum Gasteiger partial charge on any atom is -0.484 e. The van der Waals surface area contributed by atoms with Crippen molar-refractivity contribution < 1.29 is 28.7 Å². The molecule has 0 aliphatic carbocycles. The topological polar surface area (TPSA) is 131 Å². The van der Waals surface area contributed by atoms with E-state index in [1.165, 1.54) is 0 Å². The Labute approximate surface area is 206 Å². The summed E-state index contributed by atoms with van der Waals surface area (Å²) in [4.78, 5) is 51.7. The van der Waals surface area contributed by atoms with Gasteiger partial charge in [0.05, 0.1) is 18.1 Å². The number of morpholine rings is 1. The van der Waals surface area contributed by atoms with Crippen LogP contribution in [0.1, 0.15) is 5.56 Å². The number of nitrogens with two attached hydrogens (primary N) is 1. The lowest BCUT2D eigenvalue weighted by atomic mass is 10.2. The molecule has 3 N–H and O–H groups in total. The number of hydrogen-bond donors (Lipinski definition) is 2. The summed E-state index contributed by atoms with van der Waals surface area (Å²) in [6.07, 6.45) is 1.56. The summed E-state index contributed by atoms with van der Waals surface area (Å²) in [6, 6.07) is 14.0. The van der Waals surface area contributed by atoms with Crippen molar-refractivity contribution in [3.63, 3.8) is 0 Å². The van der Waals surface area contributed by atoms with Crippen LogP contribution in [0, 0.1) is 0 Å². The molecule has 0 atom stereocenters. The maximum atomic E-state index is 12.7. The first kappa shape index (κ1) is 24.3. The van der Waals surface area contributed by atoms with Crippen LogP contribution < -0.4 is 20.7 Å². The van der Waals surface area contributed by atoms with Crippen LogP contribution in [-0.2, 0) is 19.1 Å². The summed E-state index contributed by atoms with van der Waals surface area (Å²) in [7, 11) is 0. The Kier molecular flexibility index (Phi) is 7.68. The zero-order valence-electron chi connectivity index (χ0n) is 18.8. The summed E-state index contributed by atoms with van der Waals surface area (Å²) in [5, 5.41) is 2.21. The van der Waals surface area contributed by atoms with Gasteiger partial charge >= 0.3 is 0 Å². The number of carbonyl (C=O) groups is 4. The number of carbonyl (C=O) groups excluding carboxylic acids is 4. The lowest BCUT2D eigenvalue weighted by molar-refractivity contribution is -0.127. The molecule has 182 valence electrons. The molecule has 11 heteroatoms. The van der Waals surface area contributed by atoms with Crippen molar-refractivity contribution in [2.24, 2.45) is 5.73 Å². The third kappa shape index (κ3) is 6.40. The maximum Gasteiger partial charge on any atom is 0.294 e. The Balaban J connectivity index is 1.33. The van der Waals surface area contributed by atoms with Crippen LogP contribution >= 0.6 is 11.8 Å². The first-order valence-corrected chi connectivity index (χ1v) is 11.7. The third-order valence-electron chi connectivity index (χ3n) is 5.26. The molecule has 2 saturated heterocycles. The first-order chi connectivity index (χ1) is 16.9. The second kappa shape index (κ2) is 11.1. The minimum absolute atomic E-state index is 0.212. The van der Waals surface area contributed by atoms with Gasteiger partial charge in [0.2, 0.25) is 5.91 Å². The van der Waals surface area contributed by atoms with E-state index in [-0.39, 0.29) is 18.1 Å². The Morgan fingerprint density at radius 2 is 1.74 bits per heavy atom. The predicted octanol–water partition coefficient (Wildman–Crippen LogP) is 2.06. The van der Waals surface area contributed by atoms with E-state index in [0.29, 0.717) is 30.2 Å². The van der Waals surface area contributed by atoms with Crippen LogP contribution in [0.15, 0.2) is 53.4 Å². The summed E-state index contributed by atoms with van der Waals surface area (Å²) >= 11 is 0.771. The number of benzene rings is 2. The monoisotopic (exact) mass is 496 g/mol. The Bertz CT molecular complexity index is 1140. The number of nitrogens with zero attached hydrogens (tertiary/aromatic N) is 2. The highest BCUT2D eigenvalue weighted by molar-refractivity contribution is 8.18. The van der Waals surface area contributed by atoms with Gasteiger partial charge in [-0.2, -0.15) is 0 Å². The van der Waals surface area contributed by atoms with Gasteiger partial charge in [0.15, 0.2) is 6.61 Å². The molecule has 0 bridgehead atoms. The number of anilines is 2. The Morgan fingerprint density at radius 1 is 1.06 bits per heavy atom. The van der Waals surface area contributed by atoms with Gasteiger partial charge in [-0.1, -0.05) is 12.1 Å². The number of imide groups is 1. The molecule has 35 heavy (non-hydrogen) atoms. The van der Waals surface area contributed by atoms with Crippen molar-refractivity contribution in [3.05, 3.63) is 59.0 Å². The highest BCUT2D eigenvalue weighted by Crippen LogP contribution is 2.32. The molecular weight excluding hydrogens is 472 g/mol. The quantitative estimate of drug-likeness (QED) is 0.531. The van der Waals surface area contributed by atoms with E-state index in [1.54, 1.807) is 42.5 Å². The van der Waals surface area contributed by atoms with Crippen LogP contribution in [-0.4, -0.2) is 67.3 Å². The molecule has 2 fully saturated rings. The molecule has 2 aromatic rings. The van der Waals surface area contributed by atoms with E-state index in [4.69, 9.17) is 15.2 Å². The van der Waals surface area contributed by atoms with Crippen LogP contribution in [0.2, 0.25) is 0 Å². The highest BCUT2D eigenvalue weighted by atomic mass is 32.2. The minimum atomic E-state index is -0.586. The second-order valence-corrected chi connectivity index (χ2v) is 8.78. The molecule has 0 unspecified atom stereocenters. The summed E-state index contributed by atoms with van der Waals surface area (Å²) < 4.78 is 10.6. The van der Waals surface area contributed by atoms with Crippen molar-refractivity contribution in [1.82, 2.24) is 4.90 Å². The van der Waals surface area contributed by atoms with Gasteiger partial charge in [-0.3, -0.25) is 24.1 Å². The molecule has 0 radical (unpaired) electrons. The van der Waals surface area contributed by atoms with Crippen LogP contribution in [0.25, 0.3) is 6.08 Å². The van der Waals surface area contributed by atoms with Crippen LogP contribution in [0.5, 0.6) is 5.75 Å². The molecule has 0 spiro atoms. The van der Waals surface area contributed by atoms with E-state index in [2.05, 4.69) is 10.2 Å². The highest BCUT2D eigenvalue weighted by Gasteiger charge is 2.36. The summed E-state index contributed by atoms with van der Waals surface area (Å²) in [5.41, 5.74) is 7.32. The zero-order chi connectivity index (χ0) is 24.8. The number of thioether (sulfide) groups is 1. The van der Waals surface area contributed by atoms with Crippen molar-refractivity contribution in [2.75, 3.05) is 49.7 Å². The fourth-order valence-electron chi connectivity index (χ4n) is 3.52. The fourth-order valence-corrected chi connectivity index (χ4v) is 4.36. The number of ether oxygens (including phenoxy) is 2. The molecule has 10 nitrogen and oxygen atoms in total. The first-order valence-electron chi connectivity index (χ1n) is 10.9. The third-order valence-corrected chi connectivity index (χ3v) is 6.17. The standard InChI is InChI=1S/C24H24N4O6S/c25-21(29)15-34-19-7-1-16(2-8-19)13-20-23(31)28(24(32)35-20)14-22(30)26-17-3-5-18(6-4-17)27-9-11-33-12-10-27/h1-8,13H,9-12,14-15H2,(H2,25,29)(H,26,30)/b20-13+. The average molecular weight is 497 g/mol. The molecule has 2 heterocycles. The number of hydrogen-bond acceptors (Lipinski definition) is 8. The van der Waals surface area contributed by atoms with E-state index in [0.717, 1.165) is 35.4 Å². The van der Waals surface area contributed by atoms with E-state index in [9.17, 15) is 19.2 Å². The number of nitrogens with one attached hydrogen (secondary N) is 1. The van der Waals surface area contributed by atoms with E-state index < -0.39 is 23.0 Å². The van der Waals surface area contributed by atoms with Gasteiger partial charge in [-0.05, 0) is 59.8 Å². The second-order valence-electron chi connectivity index (χ2n) is 7.79. The number of amides is 4. The van der Waals surface area contributed by atoms with Crippen molar-refractivity contribution in [2.45, 2.75) is 0 Å². The van der Waals surface area contributed by atoms with Crippen molar-refractivity contribution in [1.29, 1.82) is 0 Å². The molecule has 4 amide bonds. The Morgan fingerprint density at radius 3 is 2.40 bits per heavy atom.